The zero-order valence-electron chi connectivity index (χ0n) is 19.0. The van der Waals surface area contributed by atoms with Gasteiger partial charge < -0.3 is 10.6 Å². The van der Waals surface area contributed by atoms with Gasteiger partial charge in [-0.15, -0.1) is 10.2 Å². The van der Waals surface area contributed by atoms with Crippen molar-refractivity contribution in [1.29, 1.82) is 5.26 Å². The molecule has 0 saturated carbocycles. The SMILES string of the molecule is N#CCNC(=O)c1cc(Cl)cc(Cl)c1NC(=O)c1cc(Cn2nnc(C(F)(F)F)n2)nn1-c1ncccc1Cl. The van der Waals surface area contributed by atoms with Crippen molar-refractivity contribution in [3.05, 3.63) is 74.4 Å². The van der Waals surface area contributed by atoms with Gasteiger partial charge in [-0.3, -0.25) is 9.59 Å². The number of nitrogens with zero attached hydrogens (tertiary/aromatic N) is 8. The topological polar surface area (TPSA) is 156 Å². The van der Waals surface area contributed by atoms with Crippen molar-refractivity contribution in [2.24, 2.45) is 0 Å². The summed E-state index contributed by atoms with van der Waals surface area (Å²) in [6.45, 7) is -0.721. The van der Waals surface area contributed by atoms with Gasteiger partial charge in [-0.2, -0.15) is 28.3 Å². The van der Waals surface area contributed by atoms with Crippen molar-refractivity contribution in [2.75, 3.05) is 11.9 Å². The lowest BCUT2D eigenvalue weighted by Crippen LogP contribution is -2.26. The Balaban J connectivity index is 1.73. The molecule has 0 radical (unpaired) electrons. The summed E-state index contributed by atoms with van der Waals surface area (Å²) < 4.78 is 39.6. The van der Waals surface area contributed by atoms with Crippen molar-refractivity contribution < 1.29 is 22.8 Å². The number of benzene rings is 1. The van der Waals surface area contributed by atoms with E-state index in [9.17, 15) is 22.8 Å². The largest absolute Gasteiger partial charge is 0.455 e. The van der Waals surface area contributed by atoms with Crippen LogP contribution in [-0.4, -0.2) is 53.3 Å². The second kappa shape index (κ2) is 11.2. The number of nitriles is 1. The Kier molecular flexibility index (Phi) is 8.00. The highest BCUT2D eigenvalue weighted by Crippen LogP contribution is 2.31. The molecule has 0 aliphatic rings. The highest BCUT2D eigenvalue weighted by atomic mass is 35.5. The van der Waals surface area contributed by atoms with Crippen molar-refractivity contribution in [3.63, 3.8) is 0 Å². The average molecular weight is 600 g/mol. The number of halogens is 6. The van der Waals surface area contributed by atoms with Gasteiger partial charge in [-0.05, 0) is 35.5 Å². The van der Waals surface area contributed by atoms with E-state index in [1.165, 1.54) is 36.5 Å². The number of hydrogen-bond acceptors (Lipinski definition) is 8. The Labute approximate surface area is 231 Å². The van der Waals surface area contributed by atoms with Crippen molar-refractivity contribution >= 4 is 52.3 Å². The molecule has 0 aliphatic carbocycles. The summed E-state index contributed by atoms with van der Waals surface area (Å²) in [7, 11) is 0. The van der Waals surface area contributed by atoms with Crippen molar-refractivity contribution in [1.82, 2.24) is 40.3 Å². The summed E-state index contributed by atoms with van der Waals surface area (Å²) in [6.07, 6.45) is -3.42. The number of amides is 2. The molecule has 0 aliphatic heterocycles. The molecule has 0 fully saturated rings. The molecule has 39 heavy (non-hydrogen) atoms. The normalized spacial score (nSPS) is 11.2. The first-order chi connectivity index (χ1) is 18.5. The minimum Gasteiger partial charge on any atom is -0.339 e. The van der Waals surface area contributed by atoms with Crippen molar-refractivity contribution in [2.45, 2.75) is 12.7 Å². The number of hydrogen-bond donors (Lipinski definition) is 2. The van der Waals surface area contributed by atoms with Crippen LogP contribution < -0.4 is 10.6 Å². The van der Waals surface area contributed by atoms with Crippen LogP contribution >= 0.6 is 34.8 Å². The van der Waals surface area contributed by atoms with Gasteiger partial charge in [0.25, 0.3) is 17.6 Å². The Hall–Kier alpha value is -4.26. The van der Waals surface area contributed by atoms with Crippen LogP contribution in [0.4, 0.5) is 18.9 Å². The number of carbonyl (C=O) groups excluding carboxylic acids is 2. The average Bonchev–Trinajstić information content (AvgIpc) is 3.52. The minimum absolute atomic E-state index is 0.0206. The van der Waals surface area contributed by atoms with Crippen LogP contribution in [0.1, 0.15) is 32.4 Å². The molecule has 4 rings (SSSR count). The molecular formula is C21H12Cl3F3N10O2. The van der Waals surface area contributed by atoms with Gasteiger partial charge in [0.05, 0.1) is 33.1 Å². The smallest absolute Gasteiger partial charge is 0.339 e. The molecule has 0 saturated heterocycles. The molecule has 0 bridgehead atoms. The van der Waals surface area contributed by atoms with Crippen LogP contribution in [0.3, 0.4) is 0 Å². The molecule has 0 atom stereocenters. The third kappa shape index (κ3) is 6.25. The maximum atomic E-state index is 13.4. The second-order valence-electron chi connectivity index (χ2n) is 7.49. The number of rotatable bonds is 7. The zero-order chi connectivity index (χ0) is 28.3. The third-order valence-electron chi connectivity index (χ3n) is 4.81. The zero-order valence-corrected chi connectivity index (χ0v) is 21.3. The quantitative estimate of drug-likeness (QED) is 0.304. The molecule has 12 nitrogen and oxygen atoms in total. The summed E-state index contributed by atoms with van der Waals surface area (Å²) in [5, 5.41) is 27.5. The molecule has 3 aromatic heterocycles. The van der Waals surface area contributed by atoms with E-state index in [4.69, 9.17) is 40.1 Å². The van der Waals surface area contributed by atoms with E-state index in [-0.39, 0.29) is 50.1 Å². The molecule has 4 aromatic rings. The van der Waals surface area contributed by atoms with E-state index >= 15 is 0 Å². The number of aromatic nitrogens is 7. The standard InChI is InChI=1S/C21H12Cl3F3N10O2/c22-10-6-12(18(38)30-5-3-28)16(14(24)7-10)31-19(39)15-8-11(9-36-34-20(32-35-36)21(25,26)27)33-37(15)17-13(23)2-1-4-29-17/h1-2,4,6-8H,5,9H2,(H,30,38)(H,31,39). The summed E-state index contributed by atoms with van der Waals surface area (Å²) >= 11 is 18.5. The molecule has 0 spiro atoms. The predicted octanol–water partition coefficient (Wildman–Crippen LogP) is 3.79. The lowest BCUT2D eigenvalue weighted by Gasteiger charge is -2.14. The van der Waals surface area contributed by atoms with E-state index < -0.39 is 30.4 Å². The maximum absolute atomic E-state index is 13.4. The second-order valence-corrected chi connectivity index (χ2v) is 8.74. The first kappa shape index (κ1) is 27.8. The van der Waals surface area contributed by atoms with Crippen LogP contribution in [0.15, 0.2) is 36.5 Å². The van der Waals surface area contributed by atoms with Crippen LogP contribution in [0.25, 0.3) is 5.82 Å². The predicted molar refractivity (Wildman–Crippen MR) is 131 cm³/mol. The fourth-order valence-corrected chi connectivity index (χ4v) is 3.95. The van der Waals surface area contributed by atoms with Gasteiger partial charge in [0.1, 0.15) is 18.8 Å². The fourth-order valence-electron chi connectivity index (χ4n) is 3.20. The molecule has 1 aromatic carbocycles. The van der Waals surface area contributed by atoms with Gasteiger partial charge in [0.15, 0.2) is 5.82 Å². The molecule has 3 heterocycles. The van der Waals surface area contributed by atoms with E-state index in [0.29, 0.717) is 4.80 Å². The Bertz CT molecular complexity index is 1610. The first-order valence-corrected chi connectivity index (χ1v) is 11.6. The van der Waals surface area contributed by atoms with E-state index in [1.54, 1.807) is 6.07 Å². The highest BCUT2D eigenvalue weighted by molar-refractivity contribution is 6.38. The number of tetrazole rings is 1. The first-order valence-electron chi connectivity index (χ1n) is 10.5. The monoisotopic (exact) mass is 598 g/mol. The van der Waals surface area contributed by atoms with Crippen LogP contribution in [0.2, 0.25) is 15.1 Å². The van der Waals surface area contributed by atoms with Gasteiger partial charge in [0, 0.05) is 11.2 Å². The molecule has 2 amide bonds. The molecule has 0 unspecified atom stereocenters. The summed E-state index contributed by atoms with van der Waals surface area (Å²) in [6, 6.07) is 8.52. The Morgan fingerprint density at radius 1 is 1.08 bits per heavy atom. The van der Waals surface area contributed by atoms with Crippen molar-refractivity contribution in [3.8, 4) is 11.9 Å². The number of nitrogens with one attached hydrogen (secondary N) is 2. The van der Waals surface area contributed by atoms with E-state index in [0.717, 1.165) is 4.68 Å². The maximum Gasteiger partial charge on any atom is 0.455 e. The Morgan fingerprint density at radius 2 is 1.85 bits per heavy atom. The summed E-state index contributed by atoms with van der Waals surface area (Å²) in [5.41, 5.74) is -0.404. The highest BCUT2D eigenvalue weighted by Gasteiger charge is 2.37. The lowest BCUT2D eigenvalue weighted by atomic mass is 10.1. The number of anilines is 1. The van der Waals surface area contributed by atoms with Gasteiger partial charge in [-0.1, -0.05) is 34.8 Å². The van der Waals surface area contributed by atoms with Crippen LogP contribution in [-0.2, 0) is 12.7 Å². The minimum atomic E-state index is -4.81. The fraction of sp³-hybridized carbons (Fsp3) is 0.143. The number of alkyl halides is 3. The lowest BCUT2D eigenvalue weighted by molar-refractivity contribution is -0.145. The molecule has 18 heteroatoms. The van der Waals surface area contributed by atoms with Gasteiger partial charge in [-0.25, -0.2) is 9.67 Å². The molecule has 200 valence electrons. The Morgan fingerprint density at radius 3 is 2.51 bits per heavy atom. The van der Waals surface area contributed by atoms with Gasteiger partial charge >= 0.3 is 6.18 Å². The number of carbonyl (C=O) groups is 2. The van der Waals surface area contributed by atoms with Crippen LogP contribution in [0.5, 0.6) is 0 Å². The summed E-state index contributed by atoms with van der Waals surface area (Å²) in [5.74, 6) is -3.02. The van der Waals surface area contributed by atoms with Crippen LogP contribution in [0, 0.1) is 11.3 Å². The summed E-state index contributed by atoms with van der Waals surface area (Å²) in [4.78, 5) is 30.8. The van der Waals surface area contributed by atoms with E-state index in [2.05, 4.69) is 36.1 Å². The number of pyridine rings is 1. The van der Waals surface area contributed by atoms with E-state index in [1.807, 2.05) is 0 Å². The third-order valence-corrected chi connectivity index (χ3v) is 5.62. The van der Waals surface area contributed by atoms with Gasteiger partial charge in [0.2, 0.25) is 0 Å². The molecule has 2 N–H and O–H groups in total. The molecular weight excluding hydrogens is 588 g/mol.